The summed E-state index contributed by atoms with van der Waals surface area (Å²) in [7, 11) is 0. The van der Waals surface area contributed by atoms with E-state index in [1.807, 2.05) is 6.92 Å². The number of halogens is 1. The monoisotopic (exact) mass is 254 g/mol. The summed E-state index contributed by atoms with van der Waals surface area (Å²) in [6, 6.07) is 4.21. The normalized spacial score (nSPS) is 12.0. The standard InChI is InChI=1S/C13H19FN2O2/c1-3-4-16-13(17)9(2)18-12-6-10(8-15)5-11(14)7-12/h5-7,9H,3-4,8,15H2,1-2H3,(H,16,17). The Morgan fingerprint density at radius 3 is 2.83 bits per heavy atom. The van der Waals surface area contributed by atoms with Gasteiger partial charge < -0.3 is 15.8 Å². The maximum atomic E-state index is 13.2. The quantitative estimate of drug-likeness (QED) is 0.810. The Morgan fingerprint density at radius 1 is 1.50 bits per heavy atom. The molecule has 0 aliphatic rings. The van der Waals surface area contributed by atoms with Crippen LogP contribution in [0.1, 0.15) is 25.8 Å². The molecule has 0 bridgehead atoms. The molecule has 0 saturated carbocycles. The van der Waals surface area contributed by atoms with E-state index in [-0.39, 0.29) is 12.5 Å². The van der Waals surface area contributed by atoms with E-state index >= 15 is 0 Å². The second-order valence-electron chi connectivity index (χ2n) is 4.05. The fourth-order valence-corrected chi connectivity index (χ4v) is 1.46. The van der Waals surface area contributed by atoms with Gasteiger partial charge in [0.05, 0.1) is 0 Å². The summed E-state index contributed by atoms with van der Waals surface area (Å²) in [5, 5.41) is 2.71. The van der Waals surface area contributed by atoms with Gasteiger partial charge in [0.1, 0.15) is 11.6 Å². The Hall–Kier alpha value is -1.62. The number of benzene rings is 1. The SMILES string of the molecule is CCCNC(=O)C(C)Oc1cc(F)cc(CN)c1. The van der Waals surface area contributed by atoms with Crippen LogP contribution in [-0.4, -0.2) is 18.6 Å². The molecule has 1 rings (SSSR count). The number of nitrogens with one attached hydrogen (secondary N) is 1. The summed E-state index contributed by atoms with van der Waals surface area (Å²) in [5.41, 5.74) is 6.07. The zero-order valence-electron chi connectivity index (χ0n) is 10.7. The van der Waals surface area contributed by atoms with Crippen LogP contribution in [0, 0.1) is 5.82 Å². The summed E-state index contributed by atoms with van der Waals surface area (Å²) in [6.45, 7) is 4.41. The highest BCUT2D eigenvalue weighted by Crippen LogP contribution is 2.17. The smallest absolute Gasteiger partial charge is 0.260 e. The molecule has 1 atom stereocenters. The lowest BCUT2D eigenvalue weighted by Crippen LogP contribution is -2.36. The summed E-state index contributed by atoms with van der Waals surface area (Å²) >= 11 is 0. The molecule has 0 heterocycles. The van der Waals surface area contributed by atoms with E-state index in [2.05, 4.69) is 5.32 Å². The lowest BCUT2D eigenvalue weighted by molar-refractivity contribution is -0.127. The van der Waals surface area contributed by atoms with E-state index in [1.54, 1.807) is 13.0 Å². The fraction of sp³-hybridized carbons (Fsp3) is 0.462. The van der Waals surface area contributed by atoms with E-state index in [0.29, 0.717) is 17.9 Å². The minimum atomic E-state index is -0.663. The second-order valence-corrected chi connectivity index (χ2v) is 4.05. The Morgan fingerprint density at radius 2 is 2.22 bits per heavy atom. The van der Waals surface area contributed by atoms with Crippen molar-refractivity contribution in [2.24, 2.45) is 5.73 Å². The van der Waals surface area contributed by atoms with Crippen molar-refractivity contribution >= 4 is 5.91 Å². The number of nitrogens with two attached hydrogens (primary N) is 1. The highest BCUT2D eigenvalue weighted by molar-refractivity contribution is 5.80. The van der Waals surface area contributed by atoms with Gasteiger partial charge in [-0.25, -0.2) is 4.39 Å². The molecule has 0 radical (unpaired) electrons. The van der Waals surface area contributed by atoms with E-state index in [0.717, 1.165) is 6.42 Å². The predicted octanol–water partition coefficient (Wildman–Crippen LogP) is 1.58. The van der Waals surface area contributed by atoms with Crippen LogP contribution in [0.2, 0.25) is 0 Å². The van der Waals surface area contributed by atoms with Gasteiger partial charge >= 0.3 is 0 Å². The average molecular weight is 254 g/mol. The largest absolute Gasteiger partial charge is 0.481 e. The molecule has 4 nitrogen and oxygen atoms in total. The maximum absolute atomic E-state index is 13.2. The molecule has 0 aliphatic carbocycles. The van der Waals surface area contributed by atoms with Crippen LogP contribution >= 0.6 is 0 Å². The zero-order chi connectivity index (χ0) is 13.5. The molecule has 1 aromatic carbocycles. The molecular formula is C13H19FN2O2. The van der Waals surface area contributed by atoms with Gasteiger partial charge in [-0.3, -0.25) is 4.79 Å². The highest BCUT2D eigenvalue weighted by atomic mass is 19.1. The number of hydrogen-bond acceptors (Lipinski definition) is 3. The Kier molecular flexibility index (Phi) is 5.58. The fourth-order valence-electron chi connectivity index (χ4n) is 1.46. The number of hydrogen-bond donors (Lipinski definition) is 2. The number of carbonyl (C=O) groups excluding carboxylic acids is 1. The number of rotatable bonds is 6. The third-order valence-corrected chi connectivity index (χ3v) is 2.40. The topological polar surface area (TPSA) is 64.3 Å². The Labute approximate surface area is 106 Å². The molecule has 3 N–H and O–H groups in total. The van der Waals surface area contributed by atoms with Crippen LogP contribution in [0.5, 0.6) is 5.75 Å². The van der Waals surface area contributed by atoms with Crippen molar-refractivity contribution in [3.63, 3.8) is 0 Å². The molecule has 5 heteroatoms. The molecule has 0 aromatic heterocycles. The zero-order valence-corrected chi connectivity index (χ0v) is 10.7. The summed E-state index contributed by atoms with van der Waals surface area (Å²) in [5.74, 6) is -0.320. The summed E-state index contributed by atoms with van der Waals surface area (Å²) in [6.07, 6.45) is 0.194. The molecular weight excluding hydrogens is 235 g/mol. The Bertz CT molecular complexity index is 410. The van der Waals surface area contributed by atoms with E-state index in [4.69, 9.17) is 10.5 Å². The lowest BCUT2D eigenvalue weighted by Gasteiger charge is -2.15. The molecule has 100 valence electrons. The van der Waals surface area contributed by atoms with E-state index in [1.165, 1.54) is 12.1 Å². The van der Waals surface area contributed by atoms with Crippen molar-refractivity contribution in [2.45, 2.75) is 32.9 Å². The summed E-state index contributed by atoms with van der Waals surface area (Å²) in [4.78, 5) is 11.6. The first kappa shape index (κ1) is 14.4. The van der Waals surface area contributed by atoms with Gasteiger partial charge in [0.2, 0.25) is 0 Å². The van der Waals surface area contributed by atoms with Gasteiger partial charge in [-0.15, -0.1) is 0 Å². The first-order valence-electron chi connectivity index (χ1n) is 6.00. The molecule has 0 saturated heterocycles. The third kappa shape index (κ3) is 4.33. The molecule has 0 fully saturated rings. The van der Waals surface area contributed by atoms with Crippen molar-refractivity contribution in [3.8, 4) is 5.75 Å². The van der Waals surface area contributed by atoms with Gasteiger partial charge in [-0.05, 0) is 31.0 Å². The minimum Gasteiger partial charge on any atom is -0.481 e. The van der Waals surface area contributed by atoms with Gasteiger partial charge in [0, 0.05) is 19.2 Å². The molecule has 1 unspecified atom stereocenters. The van der Waals surface area contributed by atoms with Crippen molar-refractivity contribution in [1.82, 2.24) is 5.32 Å². The lowest BCUT2D eigenvalue weighted by atomic mass is 10.2. The molecule has 1 aromatic rings. The highest BCUT2D eigenvalue weighted by Gasteiger charge is 2.14. The minimum absolute atomic E-state index is 0.213. The van der Waals surface area contributed by atoms with Crippen LogP contribution in [0.3, 0.4) is 0 Å². The first-order chi connectivity index (χ1) is 8.56. The van der Waals surface area contributed by atoms with Crippen LogP contribution in [-0.2, 0) is 11.3 Å². The maximum Gasteiger partial charge on any atom is 0.260 e. The average Bonchev–Trinajstić information content (AvgIpc) is 2.34. The van der Waals surface area contributed by atoms with Crippen molar-refractivity contribution in [1.29, 1.82) is 0 Å². The van der Waals surface area contributed by atoms with Crippen molar-refractivity contribution in [2.75, 3.05) is 6.54 Å². The van der Waals surface area contributed by atoms with Crippen LogP contribution in [0.4, 0.5) is 4.39 Å². The van der Waals surface area contributed by atoms with Crippen molar-refractivity contribution in [3.05, 3.63) is 29.6 Å². The third-order valence-electron chi connectivity index (χ3n) is 2.40. The predicted molar refractivity (Wildman–Crippen MR) is 67.7 cm³/mol. The van der Waals surface area contributed by atoms with E-state index in [9.17, 15) is 9.18 Å². The molecule has 0 spiro atoms. The molecule has 0 aliphatic heterocycles. The van der Waals surface area contributed by atoms with Gasteiger partial charge in [-0.2, -0.15) is 0 Å². The molecule has 18 heavy (non-hydrogen) atoms. The first-order valence-corrected chi connectivity index (χ1v) is 6.00. The van der Waals surface area contributed by atoms with Gasteiger partial charge in [0.15, 0.2) is 6.10 Å². The van der Waals surface area contributed by atoms with E-state index < -0.39 is 11.9 Å². The van der Waals surface area contributed by atoms with Gasteiger partial charge in [0.25, 0.3) is 5.91 Å². The second kappa shape index (κ2) is 6.96. The summed E-state index contributed by atoms with van der Waals surface area (Å²) < 4.78 is 18.6. The van der Waals surface area contributed by atoms with Crippen LogP contribution in [0.25, 0.3) is 0 Å². The molecule has 1 amide bonds. The van der Waals surface area contributed by atoms with Crippen LogP contribution in [0.15, 0.2) is 18.2 Å². The van der Waals surface area contributed by atoms with Crippen molar-refractivity contribution < 1.29 is 13.9 Å². The number of carbonyl (C=O) groups is 1. The van der Waals surface area contributed by atoms with Crippen LogP contribution < -0.4 is 15.8 Å². The Balaban J connectivity index is 2.66. The van der Waals surface area contributed by atoms with Gasteiger partial charge in [-0.1, -0.05) is 6.92 Å². The number of ether oxygens (including phenoxy) is 1. The number of amides is 1.